The third-order valence-electron chi connectivity index (χ3n) is 4.83. The Morgan fingerprint density at radius 2 is 1.58 bits per heavy atom. The summed E-state index contributed by atoms with van der Waals surface area (Å²) in [6.45, 7) is 1.75. The van der Waals surface area contributed by atoms with Crippen molar-refractivity contribution in [3.05, 3.63) is 30.1 Å². The van der Waals surface area contributed by atoms with Gasteiger partial charge in [-0.2, -0.15) is 4.31 Å². The maximum absolute atomic E-state index is 13.1. The number of carbonyl (C=O) groups excluding carboxylic acids is 1. The largest absolute Gasteiger partial charge is 0.341 e. The van der Waals surface area contributed by atoms with Crippen molar-refractivity contribution in [1.82, 2.24) is 9.21 Å². The van der Waals surface area contributed by atoms with Crippen LogP contribution in [0.2, 0.25) is 0 Å². The van der Waals surface area contributed by atoms with Crippen LogP contribution in [0.25, 0.3) is 0 Å². The van der Waals surface area contributed by atoms with Gasteiger partial charge in [0.05, 0.1) is 4.90 Å². The molecule has 1 aromatic carbocycles. The second-order valence-corrected chi connectivity index (χ2v) is 8.36. The Balaban J connectivity index is 1.85. The summed E-state index contributed by atoms with van der Waals surface area (Å²) in [4.78, 5) is 14.7. The average Bonchev–Trinajstić information content (AvgIpc) is 2.62. The van der Waals surface area contributed by atoms with E-state index < -0.39 is 21.9 Å². The standard InChI is InChI=1S/C17H23FN2O3S/c18-14-7-9-15(10-8-14)24(22,23)20-13-5-2-6-16(20)17(21)19-11-3-1-4-12-19/h7-10,16H,1-6,11-13H2/t16-/m1/s1. The van der Waals surface area contributed by atoms with Crippen molar-refractivity contribution in [2.75, 3.05) is 19.6 Å². The number of rotatable bonds is 3. The second-order valence-electron chi connectivity index (χ2n) is 6.47. The van der Waals surface area contributed by atoms with Crippen molar-refractivity contribution >= 4 is 15.9 Å². The summed E-state index contributed by atoms with van der Waals surface area (Å²) in [5.74, 6) is -0.561. The number of carbonyl (C=O) groups is 1. The van der Waals surface area contributed by atoms with Gasteiger partial charge in [-0.05, 0) is 56.4 Å². The van der Waals surface area contributed by atoms with E-state index in [9.17, 15) is 17.6 Å². The van der Waals surface area contributed by atoms with E-state index in [1.807, 2.05) is 0 Å². The number of hydrogen-bond donors (Lipinski definition) is 0. The summed E-state index contributed by atoms with van der Waals surface area (Å²) in [6.07, 6.45) is 5.21. The van der Waals surface area contributed by atoms with Gasteiger partial charge in [-0.25, -0.2) is 12.8 Å². The summed E-state index contributed by atoms with van der Waals surface area (Å²) in [6, 6.07) is 4.17. The van der Waals surface area contributed by atoms with E-state index in [4.69, 9.17) is 0 Å². The van der Waals surface area contributed by atoms with E-state index in [0.29, 0.717) is 26.1 Å². The van der Waals surface area contributed by atoms with E-state index in [1.54, 1.807) is 4.90 Å². The van der Waals surface area contributed by atoms with E-state index in [1.165, 1.54) is 16.4 Å². The molecule has 1 aromatic rings. The highest BCUT2D eigenvalue weighted by Gasteiger charge is 2.39. The highest BCUT2D eigenvalue weighted by atomic mass is 32.2. The number of nitrogens with zero attached hydrogens (tertiary/aromatic N) is 2. The Hall–Kier alpha value is -1.47. The van der Waals surface area contributed by atoms with Crippen LogP contribution in [-0.4, -0.2) is 49.2 Å². The van der Waals surface area contributed by atoms with Crippen LogP contribution >= 0.6 is 0 Å². The molecule has 3 rings (SSSR count). The fraction of sp³-hybridized carbons (Fsp3) is 0.588. The lowest BCUT2D eigenvalue weighted by atomic mass is 10.0. The van der Waals surface area contributed by atoms with Gasteiger partial charge in [0.2, 0.25) is 15.9 Å². The lowest BCUT2D eigenvalue weighted by Gasteiger charge is -2.38. The zero-order valence-electron chi connectivity index (χ0n) is 13.7. The maximum Gasteiger partial charge on any atom is 0.243 e. The first-order chi connectivity index (χ1) is 11.5. The molecule has 0 aliphatic carbocycles. The third kappa shape index (κ3) is 3.47. The zero-order valence-corrected chi connectivity index (χ0v) is 14.5. The quantitative estimate of drug-likeness (QED) is 0.837. The monoisotopic (exact) mass is 354 g/mol. The molecule has 5 nitrogen and oxygen atoms in total. The highest BCUT2D eigenvalue weighted by molar-refractivity contribution is 7.89. The minimum atomic E-state index is -3.79. The second kappa shape index (κ2) is 7.19. The van der Waals surface area contributed by atoms with Crippen LogP contribution in [0.1, 0.15) is 38.5 Å². The van der Waals surface area contributed by atoms with Gasteiger partial charge in [0.25, 0.3) is 0 Å². The molecule has 1 atom stereocenters. The Bertz CT molecular complexity index is 684. The SMILES string of the molecule is O=C([C@H]1CCCCN1S(=O)(=O)c1ccc(F)cc1)N1CCCCC1. The topological polar surface area (TPSA) is 57.7 Å². The zero-order chi connectivity index (χ0) is 17.2. The van der Waals surface area contributed by atoms with Crippen molar-refractivity contribution in [2.45, 2.75) is 49.5 Å². The van der Waals surface area contributed by atoms with Crippen LogP contribution in [0.15, 0.2) is 29.2 Å². The lowest BCUT2D eigenvalue weighted by Crippen LogP contribution is -2.53. The van der Waals surface area contributed by atoms with Crippen molar-refractivity contribution in [2.24, 2.45) is 0 Å². The molecule has 1 amide bonds. The molecule has 0 radical (unpaired) electrons. The molecule has 0 bridgehead atoms. The normalized spacial score (nSPS) is 23.2. The fourth-order valence-electron chi connectivity index (χ4n) is 3.51. The van der Waals surface area contributed by atoms with Gasteiger partial charge < -0.3 is 4.90 Å². The molecule has 2 aliphatic rings. The lowest BCUT2D eigenvalue weighted by molar-refractivity contribution is -0.137. The van der Waals surface area contributed by atoms with Crippen molar-refractivity contribution < 1.29 is 17.6 Å². The molecule has 0 N–H and O–H groups in total. The minimum Gasteiger partial charge on any atom is -0.341 e. The minimum absolute atomic E-state index is 0.0437. The summed E-state index contributed by atoms with van der Waals surface area (Å²) in [7, 11) is -3.79. The van der Waals surface area contributed by atoms with Crippen LogP contribution in [0, 0.1) is 5.82 Å². The first kappa shape index (κ1) is 17.4. The van der Waals surface area contributed by atoms with Crippen LogP contribution in [-0.2, 0) is 14.8 Å². The highest BCUT2D eigenvalue weighted by Crippen LogP contribution is 2.27. The summed E-state index contributed by atoms with van der Waals surface area (Å²) >= 11 is 0. The number of benzene rings is 1. The van der Waals surface area contributed by atoms with Crippen LogP contribution in [0.5, 0.6) is 0 Å². The van der Waals surface area contributed by atoms with Crippen LogP contribution < -0.4 is 0 Å². The molecule has 0 saturated carbocycles. The van der Waals surface area contributed by atoms with Gasteiger partial charge >= 0.3 is 0 Å². The van der Waals surface area contributed by atoms with Gasteiger partial charge in [-0.3, -0.25) is 4.79 Å². The predicted molar refractivity (Wildman–Crippen MR) is 88.4 cm³/mol. The molecule has 0 aromatic heterocycles. The number of amides is 1. The first-order valence-electron chi connectivity index (χ1n) is 8.56. The van der Waals surface area contributed by atoms with Gasteiger partial charge in [0.1, 0.15) is 11.9 Å². The van der Waals surface area contributed by atoms with Gasteiger partial charge in [-0.1, -0.05) is 6.42 Å². The van der Waals surface area contributed by atoms with E-state index in [0.717, 1.165) is 44.2 Å². The molecule has 7 heteroatoms. The van der Waals surface area contributed by atoms with Crippen LogP contribution in [0.4, 0.5) is 4.39 Å². The Labute approximate surface area is 142 Å². The number of halogens is 1. The average molecular weight is 354 g/mol. The fourth-order valence-corrected chi connectivity index (χ4v) is 5.16. The van der Waals surface area contributed by atoms with Gasteiger partial charge in [0, 0.05) is 19.6 Å². The molecule has 132 valence electrons. The molecular formula is C17H23FN2O3S. The van der Waals surface area contributed by atoms with E-state index in [2.05, 4.69) is 0 Å². The molecule has 2 saturated heterocycles. The molecule has 0 spiro atoms. The molecule has 2 heterocycles. The number of hydrogen-bond acceptors (Lipinski definition) is 3. The van der Waals surface area contributed by atoms with Gasteiger partial charge in [-0.15, -0.1) is 0 Å². The number of likely N-dealkylation sites (tertiary alicyclic amines) is 1. The smallest absolute Gasteiger partial charge is 0.243 e. The Kier molecular flexibility index (Phi) is 5.20. The van der Waals surface area contributed by atoms with Crippen molar-refractivity contribution in [1.29, 1.82) is 0 Å². The summed E-state index contributed by atoms with van der Waals surface area (Å²) in [5.41, 5.74) is 0. The molecule has 0 unspecified atom stereocenters. The summed E-state index contributed by atoms with van der Waals surface area (Å²) in [5, 5.41) is 0. The van der Waals surface area contributed by atoms with E-state index >= 15 is 0 Å². The van der Waals surface area contributed by atoms with Crippen molar-refractivity contribution in [3.63, 3.8) is 0 Å². The molecule has 2 fully saturated rings. The molecule has 2 aliphatic heterocycles. The van der Waals surface area contributed by atoms with Crippen molar-refractivity contribution in [3.8, 4) is 0 Å². The van der Waals surface area contributed by atoms with Gasteiger partial charge in [0.15, 0.2) is 0 Å². The molecular weight excluding hydrogens is 331 g/mol. The number of sulfonamides is 1. The number of piperidine rings is 2. The predicted octanol–water partition coefficient (Wildman–Crippen LogP) is 2.38. The first-order valence-corrected chi connectivity index (χ1v) is 10.0. The van der Waals surface area contributed by atoms with Crippen LogP contribution in [0.3, 0.4) is 0 Å². The Morgan fingerprint density at radius 3 is 2.25 bits per heavy atom. The Morgan fingerprint density at radius 1 is 0.958 bits per heavy atom. The van der Waals surface area contributed by atoms with E-state index in [-0.39, 0.29) is 10.8 Å². The maximum atomic E-state index is 13.1. The molecule has 24 heavy (non-hydrogen) atoms. The third-order valence-corrected chi connectivity index (χ3v) is 6.75. The summed E-state index contributed by atoms with van der Waals surface area (Å²) < 4.78 is 40.3.